The first-order chi connectivity index (χ1) is 7.32. The molecule has 0 aliphatic carbocycles. The van der Waals surface area contributed by atoms with Crippen LogP contribution in [0, 0.1) is 5.92 Å². The van der Waals surface area contributed by atoms with Crippen LogP contribution < -0.4 is 0 Å². The minimum atomic E-state index is -1.17. The van der Waals surface area contributed by atoms with Crippen molar-refractivity contribution in [1.29, 1.82) is 0 Å². The number of rotatable bonds is 5. The Kier molecular flexibility index (Phi) is 8.10. The van der Waals surface area contributed by atoms with Gasteiger partial charge in [0, 0.05) is 0 Å². The molecule has 0 aromatic rings. The highest BCUT2D eigenvalue weighted by Gasteiger charge is 2.34. The van der Waals surface area contributed by atoms with Gasteiger partial charge in [-0.15, -0.1) is 0 Å². The zero-order chi connectivity index (χ0) is 12.8. The number of carbonyl (C=O) groups excluding carboxylic acids is 2. The minimum absolute atomic E-state index is 0.196. The van der Waals surface area contributed by atoms with Gasteiger partial charge in [0.15, 0.2) is 0 Å². The standard InChI is InChI=1S/C10H15Br3O3/c1-3-5-6-7(4-2)8(14)16-9(15)10(11,12)13/h7H,3-6H2,1-2H3. The molecule has 0 aliphatic heterocycles. The van der Waals surface area contributed by atoms with Gasteiger partial charge in [-0.05, 0) is 60.6 Å². The highest BCUT2D eigenvalue weighted by molar-refractivity contribution is 9.40. The lowest BCUT2D eigenvalue weighted by molar-refractivity contribution is -0.161. The van der Waals surface area contributed by atoms with Crippen molar-refractivity contribution in [3.8, 4) is 0 Å². The molecule has 0 aromatic carbocycles. The van der Waals surface area contributed by atoms with Crippen LogP contribution in [0.2, 0.25) is 0 Å². The molecule has 1 unspecified atom stereocenters. The molecule has 0 radical (unpaired) electrons. The molecule has 0 saturated heterocycles. The first-order valence-corrected chi connectivity index (χ1v) is 7.53. The predicted octanol–water partition coefficient (Wildman–Crippen LogP) is 4.11. The molecular weight excluding hydrogens is 408 g/mol. The Morgan fingerprint density at radius 2 is 1.81 bits per heavy atom. The largest absolute Gasteiger partial charge is 0.391 e. The third-order valence-corrected chi connectivity index (χ3v) is 3.13. The van der Waals surface area contributed by atoms with Crippen molar-refractivity contribution >= 4 is 59.7 Å². The molecule has 0 heterocycles. The van der Waals surface area contributed by atoms with E-state index in [1.807, 2.05) is 6.92 Å². The van der Waals surface area contributed by atoms with Gasteiger partial charge in [-0.2, -0.15) is 0 Å². The number of hydrogen-bond donors (Lipinski definition) is 0. The third kappa shape index (κ3) is 6.35. The normalized spacial score (nSPS) is 13.3. The van der Waals surface area contributed by atoms with Crippen LogP contribution in [0.3, 0.4) is 0 Å². The molecule has 0 amide bonds. The molecule has 0 spiro atoms. The van der Waals surface area contributed by atoms with Crippen LogP contribution in [0.4, 0.5) is 0 Å². The number of carbonyl (C=O) groups is 2. The van der Waals surface area contributed by atoms with Crippen molar-refractivity contribution in [3.05, 3.63) is 0 Å². The molecule has 6 heteroatoms. The molecule has 0 fully saturated rings. The molecule has 3 nitrogen and oxygen atoms in total. The first-order valence-electron chi connectivity index (χ1n) is 5.15. The Bertz CT molecular complexity index is 248. The second-order valence-corrected chi connectivity index (χ2v) is 10.2. The second-order valence-electron chi connectivity index (χ2n) is 3.45. The van der Waals surface area contributed by atoms with E-state index in [-0.39, 0.29) is 5.92 Å². The fourth-order valence-electron chi connectivity index (χ4n) is 1.17. The number of hydrogen-bond acceptors (Lipinski definition) is 3. The Balaban J connectivity index is 4.26. The van der Waals surface area contributed by atoms with Gasteiger partial charge >= 0.3 is 11.9 Å². The monoisotopic (exact) mass is 420 g/mol. The maximum atomic E-state index is 11.6. The number of esters is 2. The van der Waals surface area contributed by atoms with Crippen LogP contribution in [0.1, 0.15) is 39.5 Å². The number of alkyl halides is 3. The Morgan fingerprint density at radius 1 is 1.25 bits per heavy atom. The van der Waals surface area contributed by atoms with E-state index >= 15 is 0 Å². The molecule has 0 rings (SSSR count). The van der Waals surface area contributed by atoms with Crippen LogP contribution in [-0.2, 0) is 14.3 Å². The van der Waals surface area contributed by atoms with E-state index in [0.29, 0.717) is 6.42 Å². The van der Waals surface area contributed by atoms with E-state index in [2.05, 4.69) is 54.7 Å². The van der Waals surface area contributed by atoms with Gasteiger partial charge in [-0.1, -0.05) is 26.7 Å². The lowest BCUT2D eigenvalue weighted by Gasteiger charge is -2.15. The number of unbranched alkanes of at least 4 members (excludes halogenated alkanes) is 1. The highest BCUT2D eigenvalue weighted by atomic mass is 80.0. The van der Waals surface area contributed by atoms with Crippen LogP contribution in [-0.4, -0.2) is 14.1 Å². The van der Waals surface area contributed by atoms with Crippen molar-refractivity contribution in [3.63, 3.8) is 0 Å². The maximum absolute atomic E-state index is 11.6. The fourth-order valence-corrected chi connectivity index (χ4v) is 1.41. The van der Waals surface area contributed by atoms with E-state index in [1.165, 1.54) is 0 Å². The molecular formula is C10H15Br3O3. The van der Waals surface area contributed by atoms with E-state index < -0.39 is 14.1 Å². The molecule has 16 heavy (non-hydrogen) atoms. The molecule has 0 aliphatic rings. The van der Waals surface area contributed by atoms with Crippen molar-refractivity contribution in [1.82, 2.24) is 0 Å². The van der Waals surface area contributed by atoms with Gasteiger partial charge < -0.3 is 4.74 Å². The summed E-state index contributed by atoms with van der Waals surface area (Å²) < 4.78 is 3.57. The zero-order valence-electron chi connectivity index (χ0n) is 9.26. The van der Waals surface area contributed by atoms with Crippen molar-refractivity contribution < 1.29 is 14.3 Å². The summed E-state index contributed by atoms with van der Waals surface area (Å²) in [6.07, 6.45) is 3.44. The van der Waals surface area contributed by atoms with Crippen molar-refractivity contribution in [2.75, 3.05) is 0 Å². The summed E-state index contributed by atoms with van der Waals surface area (Å²) in [4.78, 5) is 23.0. The summed E-state index contributed by atoms with van der Waals surface area (Å²) in [6.45, 7) is 3.97. The van der Waals surface area contributed by atoms with Gasteiger partial charge in [0.1, 0.15) is 0 Å². The Morgan fingerprint density at radius 3 is 2.19 bits per heavy atom. The van der Waals surface area contributed by atoms with Crippen molar-refractivity contribution in [2.45, 2.75) is 41.7 Å². The molecule has 0 aromatic heterocycles. The maximum Gasteiger partial charge on any atom is 0.352 e. The van der Waals surface area contributed by atoms with E-state index in [4.69, 9.17) is 4.74 Å². The van der Waals surface area contributed by atoms with Gasteiger partial charge in [-0.25, -0.2) is 4.79 Å². The van der Waals surface area contributed by atoms with Crippen LogP contribution in [0.15, 0.2) is 0 Å². The van der Waals surface area contributed by atoms with Crippen LogP contribution >= 0.6 is 47.8 Å². The zero-order valence-corrected chi connectivity index (χ0v) is 14.0. The summed E-state index contributed by atoms with van der Waals surface area (Å²) in [5.41, 5.74) is 0. The lowest BCUT2D eigenvalue weighted by Crippen LogP contribution is -2.27. The molecule has 0 N–H and O–H groups in total. The Hall–Kier alpha value is 0.580. The summed E-state index contributed by atoms with van der Waals surface area (Å²) in [5, 5.41) is 0. The lowest BCUT2D eigenvalue weighted by atomic mass is 10.00. The van der Waals surface area contributed by atoms with Gasteiger partial charge in [0.25, 0.3) is 0 Å². The van der Waals surface area contributed by atoms with E-state index in [1.54, 1.807) is 0 Å². The SMILES string of the molecule is CCCCC(CC)C(=O)OC(=O)C(Br)(Br)Br. The molecule has 94 valence electrons. The minimum Gasteiger partial charge on any atom is -0.391 e. The summed E-state index contributed by atoms with van der Waals surface area (Å²) in [5.74, 6) is -1.34. The quantitative estimate of drug-likeness (QED) is 0.380. The summed E-state index contributed by atoms with van der Waals surface area (Å²) >= 11 is 9.01. The topological polar surface area (TPSA) is 43.4 Å². The number of ether oxygens (including phenoxy) is 1. The smallest absolute Gasteiger partial charge is 0.352 e. The second kappa shape index (κ2) is 7.82. The highest BCUT2D eigenvalue weighted by Crippen LogP contribution is 2.35. The summed E-state index contributed by atoms with van der Waals surface area (Å²) in [7, 11) is 0. The number of halogens is 3. The van der Waals surface area contributed by atoms with Gasteiger partial charge in [0.05, 0.1) is 5.92 Å². The predicted molar refractivity (Wildman–Crippen MR) is 73.9 cm³/mol. The summed E-state index contributed by atoms with van der Waals surface area (Å²) in [6, 6.07) is 0. The average molecular weight is 423 g/mol. The van der Waals surface area contributed by atoms with Gasteiger partial charge in [0.2, 0.25) is 2.14 Å². The van der Waals surface area contributed by atoms with Gasteiger partial charge in [-0.3, -0.25) is 4.79 Å². The third-order valence-electron chi connectivity index (χ3n) is 2.16. The van der Waals surface area contributed by atoms with Crippen molar-refractivity contribution in [2.24, 2.45) is 5.92 Å². The van der Waals surface area contributed by atoms with E-state index in [9.17, 15) is 9.59 Å². The molecule has 0 bridgehead atoms. The van der Waals surface area contributed by atoms with E-state index in [0.717, 1.165) is 19.3 Å². The molecule has 0 saturated carbocycles. The molecule has 1 atom stereocenters. The fraction of sp³-hybridized carbons (Fsp3) is 0.800. The van der Waals surface area contributed by atoms with Crippen LogP contribution in [0.25, 0.3) is 0 Å². The average Bonchev–Trinajstić information content (AvgIpc) is 2.17. The first kappa shape index (κ1) is 16.6. The Labute approximate surface area is 121 Å². The van der Waals surface area contributed by atoms with Crippen LogP contribution in [0.5, 0.6) is 0 Å².